The molecule has 1 saturated heterocycles. The van der Waals surface area contributed by atoms with Crippen molar-refractivity contribution in [2.75, 3.05) is 31.1 Å². The van der Waals surface area contributed by atoms with Crippen molar-refractivity contribution in [2.24, 2.45) is 0 Å². The van der Waals surface area contributed by atoms with Gasteiger partial charge in [0, 0.05) is 32.2 Å². The van der Waals surface area contributed by atoms with Crippen LogP contribution in [0.15, 0.2) is 16.7 Å². The Morgan fingerprint density at radius 2 is 2.12 bits per heavy atom. The van der Waals surface area contributed by atoms with Crippen LogP contribution in [0.25, 0.3) is 11.0 Å². The second-order valence-electron chi connectivity index (χ2n) is 4.01. The van der Waals surface area contributed by atoms with Crippen molar-refractivity contribution in [3.8, 4) is 0 Å². The van der Waals surface area contributed by atoms with E-state index in [0.717, 1.165) is 37.4 Å². The Morgan fingerprint density at radius 1 is 1.35 bits per heavy atom. The lowest BCUT2D eigenvalue weighted by Crippen LogP contribution is -2.43. The number of hydrogen-bond donors (Lipinski definition) is 1. The number of piperazine rings is 1. The highest BCUT2D eigenvalue weighted by atomic mass is 35.5. The highest BCUT2D eigenvalue weighted by Gasteiger charge is 2.19. The third-order valence-electron chi connectivity index (χ3n) is 2.91. The molecule has 2 heterocycles. The van der Waals surface area contributed by atoms with E-state index in [1.807, 2.05) is 0 Å². The molecule has 4 nitrogen and oxygen atoms in total. The zero-order valence-corrected chi connectivity index (χ0v) is 9.80. The van der Waals surface area contributed by atoms with Crippen LogP contribution >= 0.6 is 11.6 Å². The number of hydrogen-bond acceptors (Lipinski definition) is 4. The van der Waals surface area contributed by atoms with E-state index in [2.05, 4.69) is 15.4 Å². The normalized spacial score (nSPS) is 16.7. The van der Waals surface area contributed by atoms with Crippen LogP contribution in [0.1, 0.15) is 0 Å². The molecule has 1 aromatic carbocycles. The number of benzene rings is 1. The van der Waals surface area contributed by atoms with Gasteiger partial charge in [-0.1, -0.05) is 16.8 Å². The molecule has 0 radical (unpaired) electrons. The fourth-order valence-electron chi connectivity index (χ4n) is 2.03. The number of nitrogens with one attached hydrogen (secondary N) is 1. The Labute approximate surface area is 102 Å². The van der Waals surface area contributed by atoms with Gasteiger partial charge in [-0.15, -0.1) is 0 Å². The van der Waals surface area contributed by atoms with Gasteiger partial charge in [-0.25, -0.2) is 4.39 Å². The van der Waals surface area contributed by atoms with Gasteiger partial charge in [0.05, 0.1) is 10.4 Å². The van der Waals surface area contributed by atoms with Crippen molar-refractivity contribution in [3.05, 3.63) is 23.0 Å². The molecule has 3 rings (SSSR count). The van der Waals surface area contributed by atoms with Crippen LogP contribution in [0.4, 0.5) is 10.2 Å². The molecule has 0 bridgehead atoms. The number of aromatic nitrogens is 1. The van der Waals surface area contributed by atoms with E-state index in [1.54, 1.807) is 6.07 Å². The summed E-state index contributed by atoms with van der Waals surface area (Å²) < 4.78 is 18.4. The molecule has 1 aromatic heterocycles. The molecule has 0 aliphatic carbocycles. The predicted octanol–water partition coefficient (Wildman–Crippen LogP) is 2.03. The van der Waals surface area contributed by atoms with E-state index in [1.165, 1.54) is 6.07 Å². The molecule has 1 aliphatic heterocycles. The summed E-state index contributed by atoms with van der Waals surface area (Å²) in [5, 5.41) is 8.11. The molecule has 1 aliphatic rings. The summed E-state index contributed by atoms with van der Waals surface area (Å²) in [6, 6.07) is 2.84. The molecule has 0 atom stereocenters. The minimum Gasteiger partial charge on any atom is -0.354 e. The third kappa shape index (κ3) is 1.85. The molecule has 6 heteroatoms. The molecule has 90 valence electrons. The van der Waals surface area contributed by atoms with Gasteiger partial charge in [-0.2, -0.15) is 0 Å². The molecule has 1 N–H and O–H groups in total. The third-order valence-corrected chi connectivity index (χ3v) is 3.20. The van der Waals surface area contributed by atoms with E-state index >= 15 is 0 Å². The second-order valence-corrected chi connectivity index (χ2v) is 4.41. The van der Waals surface area contributed by atoms with Crippen LogP contribution in [0, 0.1) is 5.82 Å². The smallest absolute Gasteiger partial charge is 0.180 e. The van der Waals surface area contributed by atoms with Crippen LogP contribution in [-0.4, -0.2) is 31.3 Å². The minimum absolute atomic E-state index is 0.0945. The van der Waals surface area contributed by atoms with E-state index < -0.39 is 5.82 Å². The van der Waals surface area contributed by atoms with Gasteiger partial charge in [-0.05, 0) is 6.07 Å². The molecular weight excluding hydrogens is 245 g/mol. The summed E-state index contributed by atoms with van der Waals surface area (Å²) in [6.45, 7) is 3.53. The Balaban J connectivity index is 2.07. The first-order chi connectivity index (χ1) is 8.25. The molecular formula is C11H11ClFN3O. The molecule has 17 heavy (non-hydrogen) atoms. The lowest BCUT2D eigenvalue weighted by atomic mass is 10.2. The molecule has 0 amide bonds. The first kappa shape index (κ1) is 10.8. The highest BCUT2D eigenvalue weighted by molar-refractivity contribution is 6.31. The van der Waals surface area contributed by atoms with E-state index in [-0.39, 0.29) is 5.02 Å². The standard InChI is InChI=1S/C11H11ClFN3O/c12-8-5-7-10(6-9(8)13)17-15-11(7)16-3-1-14-2-4-16/h5-6,14H,1-4H2. The number of halogens is 2. The summed E-state index contributed by atoms with van der Waals surface area (Å²) in [7, 11) is 0. The van der Waals surface area contributed by atoms with Crippen LogP contribution in [-0.2, 0) is 0 Å². The van der Waals surface area contributed by atoms with Crippen molar-refractivity contribution in [3.63, 3.8) is 0 Å². The van der Waals surface area contributed by atoms with Gasteiger partial charge in [0.2, 0.25) is 0 Å². The zero-order valence-electron chi connectivity index (χ0n) is 9.04. The second kappa shape index (κ2) is 4.16. The first-order valence-electron chi connectivity index (χ1n) is 5.46. The summed E-state index contributed by atoms with van der Waals surface area (Å²) in [4.78, 5) is 2.11. The van der Waals surface area contributed by atoms with Crippen LogP contribution in [0.3, 0.4) is 0 Å². The molecule has 0 unspecified atom stereocenters. The quantitative estimate of drug-likeness (QED) is 0.847. The lowest BCUT2D eigenvalue weighted by molar-refractivity contribution is 0.449. The molecule has 0 spiro atoms. The van der Waals surface area contributed by atoms with Gasteiger partial charge < -0.3 is 14.7 Å². The summed E-state index contributed by atoms with van der Waals surface area (Å²) in [6.07, 6.45) is 0. The van der Waals surface area contributed by atoms with Crippen LogP contribution < -0.4 is 10.2 Å². The molecule has 2 aromatic rings. The van der Waals surface area contributed by atoms with Crippen molar-refractivity contribution >= 4 is 28.4 Å². The van der Waals surface area contributed by atoms with E-state index in [9.17, 15) is 4.39 Å². The summed E-state index contributed by atoms with van der Waals surface area (Å²) in [5.41, 5.74) is 0.431. The number of nitrogens with zero attached hydrogens (tertiary/aromatic N) is 2. The predicted molar refractivity (Wildman–Crippen MR) is 64.1 cm³/mol. The molecule has 0 saturated carbocycles. The van der Waals surface area contributed by atoms with E-state index in [0.29, 0.717) is 5.58 Å². The van der Waals surface area contributed by atoms with Crippen LogP contribution in [0.5, 0.6) is 0 Å². The Morgan fingerprint density at radius 3 is 2.88 bits per heavy atom. The first-order valence-corrected chi connectivity index (χ1v) is 5.83. The maximum atomic E-state index is 13.3. The van der Waals surface area contributed by atoms with Crippen LogP contribution in [0.2, 0.25) is 5.02 Å². The molecule has 1 fully saturated rings. The Hall–Kier alpha value is -1.33. The summed E-state index contributed by atoms with van der Waals surface area (Å²) in [5.74, 6) is 0.255. The zero-order chi connectivity index (χ0) is 11.8. The maximum absolute atomic E-state index is 13.3. The summed E-state index contributed by atoms with van der Waals surface area (Å²) >= 11 is 5.78. The Kier molecular flexibility index (Phi) is 2.64. The van der Waals surface area contributed by atoms with Gasteiger partial charge in [0.25, 0.3) is 0 Å². The highest BCUT2D eigenvalue weighted by Crippen LogP contribution is 2.30. The van der Waals surface area contributed by atoms with Crippen molar-refractivity contribution in [1.82, 2.24) is 10.5 Å². The van der Waals surface area contributed by atoms with Gasteiger partial charge in [0.1, 0.15) is 5.82 Å². The number of fused-ring (bicyclic) bond motifs is 1. The average molecular weight is 256 g/mol. The van der Waals surface area contributed by atoms with Gasteiger partial charge in [-0.3, -0.25) is 0 Å². The minimum atomic E-state index is -0.484. The number of rotatable bonds is 1. The average Bonchev–Trinajstić information content (AvgIpc) is 2.74. The van der Waals surface area contributed by atoms with Gasteiger partial charge in [0.15, 0.2) is 11.4 Å². The fourth-order valence-corrected chi connectivity index (χ4v) is 2.19. The number of anilines is 1. The van der Waals surface area contributed by atoms with Gasteiger partial charge >= 0.3 is 0 Å². The van der Waals surface area contributed by atoms with Crippen molar-refractivity contribution in [1.29, 1.82) is 0 Å². The van der Waals surface area contributed by atoms with Crippen molar-refractivity contribution in [2.45, 2.75) is 0 Å². The fraction of sp³-hybridized carbons (Fsp3) is 0.364. The largest absolute Gasteiger partial charge is 0.354 e. The SMILES string of the molecule is Fc1cc2onc(N3CCNCC3)c2cc1Cl. The monoisotopic (exact) mass is 255 g/mol. The lowest BCUT2D eigenvalue weighted by Gasteiger charge is -2.26. The van der Waals surface area contributed by atoms with Crippen molar-refractivity contribution < 1.29 is 8.91 Å². The maximum Gasteiger partial charge on any atom is 0.180 e. The Bertz CT molecular complexity index is 551. The van der Waals surface area contributed by atoms with E-state index in [4.69, 9.17) is 16.1 Å². The topological polar surface area (TPSA) is 41.3 Å².